The Balaban J connectivity index is 3.29. The fourth-order valence-electron chi connectivity index (χ4n) is 1.62. The van der Waals surface area contributed by atoms with E-state index >= 15 is 0 Å². The Kier molecular flexibility index (Phi) is 4.84. The summed E-state index contributed by atoms with van der Waals surface area (Å²) in [6, 6.07) is 4.01. The van der Waals surface area contributed by atoms with Crippen LogP contribution in [-0.4, -0.2) is 39.3 Å². The molecule has 0 saturated heterocycles. The summed E-state index contributed by atoms with van der Waals surface area (Å²) in [7, 11) is -1.96. The second-order valence-corrected chi connectivity index (χ2v) is 6.10. The Morgan fingerprint density at radius 2 is 2.11 bits per heavy atom. The zero-order valence-electron chi connectivity index (χ0n) is 10.9. The molecule has 0 aliphatic heterocycles. The fourth-order valence-corrected chi connectivity index (χ4v) is 2.47. The van der Waals surface area contributed by atoms with Crippen LogP contribution in [0.25, 0.3) is 0 Å². The highest BCUT2D eigenvalue weighted by molar-refractivity contribution is 7.90. The molecule has 19 heavy (non-hydrogen) atoms. The van der Waals surface area contributed by atoms with Crippen LogP contribution in [0.15, 0.2) is 23.1 Å². The van der Waals surface area contributed by atoms with Crippen molar-refractivity contribution in [1.82, 2.24) is 5.32 Å². The van der Waals surface area contributed by atoms with E-state index in [0.29, 0.717) is 6.54 Å². The van der Waals surface area contributed by atoms with Crippen molar-refractivity contribution in [3.05, 3.63) is 28.3 Å². The van der Waals surface area contributed by atoms with Gasteiger partial charge in [0.25, 0.3) is 0 Å². The van der Waals surface area contributed by atoms with Crippen LogP contribution >= 0.6 is 0 Å². The normalized spacial score (nSPS) is 13.0. The van der Waals surface area contributed by atoms with Crippen LogP contribution in [-0.2, 0) is 9.84 Å². The molecule has 0 bridgehead atoms. The molecule has 0 spiro atoms. The number of nitro groups is 1. The first kappa shape index (κ1) is 15.4. The van der Waals surface area contributed by atoms with Crippen molar-refractivity contribution in [2.75, 3.05) is 19.8 Å². The minimum absolute atomic E-state index is 0.0457. The SMILES string of the molecule is CNCC(C)Oc1cccc(S(C)(=O)=O)c1[N+](=O)[O-]. The molecule has 0 amide bonds. The van der Waals surface area contributed by atoms with Gasteiger partial charge in [-0.25, -0.2) is 8.42 Å². The standard InChI is InChI=1S/C11H16N2O5S/c1-8(7-12-2)18-9-5-4-6-10(19(3,16)17)11(9)13(14)15/h4-6,8,12H,7H2,1-3H3. The summed E-state index contributed by atoms with van der Waals surface area (Å²) >= 11 is 0. The van der Waals surface area contributed by atoms with E-state index in [0.717, 1.165) is 6.26 Å². The van der Waals surface area contributed by atoms with Gasteiger partial charge in [-0.2, -0.15) is 0 Å². The van der Waals surface area contributed by atoms with Crippen LogP contribution in [0.3, 0.4) is 0 Å². The predicted octanol–water partition coefficient (Wildman–Crippen LogP) is 0.985. The van der Waals surface area contributed by atoms with Gasteiger partial charge in [-0.15, -0.1) is 0 Å². The van der Waals surface area contributed by atoms with Crippen LogP contribution in [0.4, 0.5) is 5.69 Å². The maximum Gasteiger partial charge on any atom is 0.329 e. The van der Waals surface area contributed by atoms with Crippen molar-refractivity contribution in [2.45, 2.75) is 17.9 Å². The maximum atomic E-state index is 11.5. The van der Waals surface area contributed by atoms with Gasteiger partial charge in [-0.05, 0) is 26.1 Å². The van der Waals surface area contributed by atoms with E-state index in [-0.39, 0.29) is 16.7 Å². The van der Waals surface area contributed by atoms with Gasteiger partial charge in [0.1, 0.15) is 11.0 Å². The zero-order valence-corrected chi connectivity index (χ0v) is 11.7. The van der Waals surface area contributed by atoms with Crippen LogP contribution in [0.5, 0.6) is 5.75 Å². The van der Waals surface area contributed by atoms with E-state index in [2.05, 4.69) is 5.32 Å². The van der Waals surface area contributed by atoms with E-state index < -0.39 is 20.4 Å². The van der Waals surface area contributed by atoms with Crippen molar-refractivity contribution < 1.29 is 18.1 Å². The number of rotatable bonds is 6. The van der Waals surface area contributed by atoms with Crippen LogP contribution < -0.4 is 10.1 Å². The highest BCUT2D eigenvalue weighted by Crippen LogP contribution is 2.34. The number of ether oxygens (including phenoxy) is 1. The van der Waals surface area contributed by atoms with Crippen molar-refractivity contribution in [3.8, 4) is 5.75 Å². The molecule has 1 N–H and O–H groups in total. The Hall–Kier alpha value is -1.67. The maximum absolute atomic E-state index is 11.5. The molecule has 0 saturated carbocycles. The van der Waals surface area contributed by atoms with Gasteiger partial charge in [-0.1, -0.05) is 6.07 Å². The quantitative estimate of drug-likeness (QED) is 0.619. The third kappa shape index (κ3) is 3.90. The average Bonchev–Trinajstić information content (AvgIpc) is 2.27. The predicted molar refractivity (Wildman–Crippen MR) is 70.2 cm³/mol. The summed E-state index contributed by atoms with van der Waals surface area (Å²) in [5, 5.41) is 13.9. The van der Waals surface area contributed by atoms with Crippen molar-refractivity contribution in [1.29, 1.82) is 0 Å². The highest BCUT2D eigenvalue weighted by atomic mass is 32.2. The van der Waals surface area contributed by atoms with Crippen molar-refractivity contribution in [2.24, 2.45) is 0 Å². The molecule has 8 heteroatoms. The summed E-state index contributed by atoms with van der Waals surface area (Å²) in [4.78, 5) is 9.99. The van der Waals surface area contributed by atoms with Gasteiger partial charge >= 0.3 is 5.69 Å². The molecule has 1 atom stereocenters. The topological polar surface area (TPSA) is 98.5 Å². The Bertz CT molecular complexity index is 570. The first-order valence-electron chi connectivity index (χ1n) is 5.56. The lowest BCUT2D eigenvalue weighted by Crippen LogP contribution is -2.26. The largest absolute Gasteiger partial charge is 0.482 e. The third-order valence-corrected chi connectivity index (χ3v) is 3.49. The smallest absolute Gasteiger partial charge is 0.329 e. The molecule has 1 rings (SSSR count). The molecule has 0 aliphatic rings. The number of likely N-dealkylation sites (N-methyl/N-ethyl adjacent to an activating group) is 1. The molecule has 0 fully saturated rings. The third-order valence-electron chi connectivity index (χ3n) is 2.36. The minimum Gasteiger partial charge on any atom is -0.482 e. The summed E-state index contributed by atoms with van der Waals surface area (Å²) in [6.07, 6.45) is 0.606. The van der Waals surface area contributed by atoms with E-state index in [4.69, 9.17) is 4.74 Å². The van der Waals surface area contributed by atoms with Crippen LogP contribution in [0, 0.1) is 10.1 Å². The zero-order chi connectivity index (χ0) is 14.6. The summed E-state index contributed by atoms with van der Waals surface area (Å²) < 4.78 is 28.5. The Labute approximate surface area is 111 Å². The lowest BCUT2D eigenvalue weighted by molar-refractivity contribution is -0.389. The molecule has 0 aliphatic carbocycles. The number of sulfone groups is 1. The monoisotopic (exact) mass is 288 g/mol. The molecular formula is C11H16N2O5S. The molecule has 7 nitrogen and oxygen atoms in total. The Morgan fingerprint density at radius 3 is 2.58 bits per heavy atom. The summed E-state index contributed by atoms with van der Waals surface area (Å²) in [5.74, 6) is -0.0457. The average molecular weight is 288 g/mol. The van der Waals surface area contributed by atoms with Gasteiger partial charge in [0.05, 0.1) is 4.92 Å². The number of nitro benzene ring substituents is 1. The molecule has 1 aromatic carbocycles. The van der Waals surface area contributed by atoms with Crippen molar-refractivity contribution in [3.63, 3.8) is 0 Å². The number of hydrogen-bond acceptors (Lipinski definition) is 6. The fraction of sp³-hybridized carbons (Fsp3) is 0.455. The number of hydrogen-bond donors (Lipinski definition) is 1. The number of nitrogens with zero attached hydrogens (tertiary/aromatic N) is 1. The van der Waals surface area contributed by atoms with E-state index in [1.807, 2.05) is 0 Å². The Morgan fingerprint density at radius 1 is 1.47 bits per heavy atom. The second kappa shape index (κ2) is 5.98. The molecule has 1 unspecified atom stereocenters. The number of benzene rings is 1. The van der Waals surface area contributed by atoms with E-state index in [1.165, 1.54) is 18.2 Å². The number of nitrogens with one attached hydrogen (secondary N) is 1. The molecule has 0 heterocycles. The lowest BCUT2D eigenvalue weighted by Gasteiger charge is -2.14. The van der Waals surface area contributed by atoms with E-state index in [9.17, 15) is 18.5 Å². The van der Waals surface area contributed by atoms with Crippen LogP contribution in [0.1, 0.15) is 6.92 Å². The first-order chi connectivity index (χ1) is 8.77. The minimum atomic E-state index is -3.69. The van der Waals surface area contributed by atoms with Crippen molar-refractivity contribution >= 4 is 15.5 Å². The molecule has 0 radical (unpaired) electrons. The van der Waals surface area contributed by atoms with Gasteiger partial charge in [-0.3, -0.25) is 10.1 Å². The van der Waals surface area contributed by atoms with E-state index in [1.54, 1.807) is 14.0 Å². The van der Waals surface area contributed by atoms with Gasteiger partial charge in [0.2, 0.25) is 0 Å². The number of para-hydroxylation sites is 1. The van der Waals surface area contributed by atoms with Gasteiger partial charge < -0.3 is 10.1 Å². The van der Waals surface area contributed by atoms with Gasteiger partial charge in [0.15, 0.2) is 15.6 Å². The first-order valence-corrected chi connectivity index (χ1v) is 7.45. The second-order valence-electron chi connectivity index (χ2n) is 4.12. The summed E-state index contributed by atoms with van der Waals surface area (Å²) in [5.41, 5.74) is -0.520. The molecule has 106 valence electrons. The van der Waals surface area contributed by atoms with Gasteiger partial charge in [0, 0.05) is 12.8 Å². The summed E-state index contributed by atoms with van der Waals surface area (Å²) in [6.45, 7) is 2.22. The highest BCUT2D eigenvalue weighted by Gasteiger charge is 2.27. The van der Waals surface area contributed by atoms with Crippen LogP contribution in [0.2, 0.25) is 0 Å². The molecule has 1 aromatic rings. The lowest BCUT2D eigenvalue weighted by atomic mass is 10.3. The molecule has 0 aromatic heterocycles. The molecular weight excluding hydrogens is 272 g/mol.